The van der Waals surface area contributed by atoms with Crippen molar-refractivity contribution in [2.24, 2.45) is 23.7 Å². The van der Waals surface area contributed by atoms with Crippen molar-refractivity contribution in [3.8, 4) is 0 Å². The number of nitrogens with one attached hydrogen (secondary N) is 1. The predicted molar refractivity (Wildman–Crippen MR) is 187 cm³/mol. The third-order valence-corrected chi connectivity index (χ3v) is 11.6. The third-order valence-electron chi connectivity index (χ3n) is 11.3. The smallest absolute Gasteiger partial charge is 0.306 e. The van der Waals surface area contributed by atoms with Crippen molar-refractivity contribution in [2.75, 3.05) is 4.90 Å². The molecule has 2 aromatic carbocycles. The number of anilines is 2. The van der Waals surface area contributed by atoms with E-state index < -0.39 is 35.7 Å². The number of nitrogens with zero attached hydrogens (tertiary/aromatic N) is 3. The maximum absolute atomic E-state index is 13.9. The van der Waals surface area contributed by atoms with E-state index >= 15 is 0 Å². The van der Waals surface area contributed by atoms with E-state index in [4.69, 9.17) is 35.6 Å². The zero-order chi connectivity index (χ0) is 36.8. The number of unbranched alkanes of at least 4 members (excludes halogenated alkanes) is 1. The summed E-state index contributed by atoms with van der Waals surface area (Å²) in [5.74, 6) is -1.33. The highest BCUT2D eigenvalue weighted by atomic mass is 35.5. The lowest BCUT2D eigenvalue weighted by atomic mass is 9.58. The van der Waals surface area contributed by atoms with Gasteiger partial charge in [0.25, 0.3) is 0 Å². The molecule has 1 spiro atoms. The second-order valence-corrected chi connectivity index (χ2v) is 15.2. The molecule has 278 valence electrons. The molecule has 8 atom stereocenters. The van der Waals surface area contributed by atoms with Crippen LogP contribution in [0.2, 0.25) is 5.02 Å². The molecule has 5 heterocycles. The first-order chi connectivity index (χ1) is 24.9. The van der Waals surface area contributed by atoms with Gasteiger partial charge in [-0.3, -0.25) is 19.3 Å². The number of aromatic nitrogens is 2. The molecular formula is C38H44ClFN4O8. The van der Waals surface area contributed by atoms with Gasteiger partial charge in [-0.25, -0.2) is 24.1 Å². The number of benzene rings is 2. The molecule has 5 fully saturated rings. The van der Waals surface area contributed by atoms with Gasteiger partial charge in [-0.2, -0.15) is 0 Å². The summed E-state index contributed by atoms with van der Waals surface area (Å²) in [7, 11) is 0. The van der Waals surface area contributed by atoms with Crippen molar-refractivity contribution in [1.82, 2.24) is 15.3 Å². The average Bonchev–Trinajstić information content (AvgIpc) is 3.35. The van der Waals surface area contributed by atoms with Crippen molar-refractivity contribution in [2.45, 2.75) is 110 Å². The zero-order valence-corrected chi connectivity index (χ0v) is 30.5. The number of carbonyl (C=O) groups is 3. The summed E-state index contributed by atoms with van der Waals surface area (Å²) in [5.41, 5.74) is 0.880. The number of hydrogen-bond donors (Lipinski definition) is 1. The molecule has 4 aliphatic heterocycles. The van der Waals surface area contributed by atoms with Crippen LogP contribution >= 0.6 is 11.6 Å². The molecule has 1 N–H and O–H groups in total. The van der Waals surface area contributed by atoms with Crippen LogP contribution in [0.25, 0.3) is 10.9 Å². The maximum atomic E-state index is 13.9. The topological polar surface area (TPSA) is 138 Å². The van der Waals surface area contributed by atoms with Crippen molar-refractivity contribution >= 4 is 51.8 Å². The molecule has 1 aromatic heterocycles. The van der Waals surface area contributed by atoms with E-state index in [9.17, 15) is 18.8 Å². The second kappa shape index (κ2) is 14.6. The molecule has 8 rings (SSSR count). The van der Waals surface area contributed by atoms with Crippen LogP contribution in [-0.4, -0.2) is 51.7 Å². The minimum absolute atomic E-state index is 0.00970. The number of fused-ring (bicyclic) bond motifs is 3. The van der Waals surface area contributed by atoms with Crippen LogP contribution in [0.5, 0.6) is 0 Å². The van der Waals surface area contributed by atoms with Crippen LogP contribution in [0.1, 0.15) is 84.6 Å². The molecule has 1 saturated carbocycles. The molecule has 2 bridgehead atoms. The van der Waals surface area contributed by atoms with Gasteiger partial charge in [-0.15, -0.1) is 0 Å². The molecule has 12 nitrogen and oxygen atoms in total. The predicted octanol–water partition coefficient (Wildman–Crippen LogP) is 7.03. The standard InChI is InChI=1S/C38H44ClFN4O8/c1-21-9-12-28-22(2)35(49-36-38(28)27(21)15-16-37(4,50-36)51-52-38)43-32(46)7-5-6-8-33(47)48-19-24-10-14-31-26(17-24)34(42-20-41-31)44(23(3)45)25-11-13-30(40)29(39)18-25/h10-11,13-14,17-18,20-22,27-28,35-36H,5-9,12,15-16,19H2,1-4H3,(H,43,46)/t21-,22-,27+,28+,35-,36-,37-,38-/m1/s1. The lowest BCUT2D eigenvalue weighted by Crippen LogP contribution is -2.71. The summed E-state index contributed by atoms with van der Waals surface area (Å²) in [4.78, 5) is 60.5. The van der Waals surface area contributed by atoms with Gasteiger partial charge >= 0.3 is 5.97 Å². The first kappa shape index (κ1) is 36.6. The van der Waals surface area contributed by atoms with Crippen LogP contribution in [-0.2, 0) is 45.0 Å². The maximum Gasteiger partial charge on any atom is 0.306 e. The van der Waals surface area contributed by atoms with Crippen LogP contribution in [0, 0.1) is 29.5 Å². The lowest BCUT2D eigenvalue weighted by Gasteiger charge is -2.60. The monoisotopic (exact) mass is 738 g/mol. The van der Waals surface area contributed by atoms with Crippen molar-refractivity contribution in [1.29, 1.82) is 0 Å². The Bertz CT molecular complexity index is 1870. The Morgan fingerprint density at radius 2 is 1.85 bits per heavy atom. The van der Waals surface area contributed by atoms with Crippen LogP contribution in [0.15, 0.2) is 42.7 Å². The molecule has 3 aromatic rings. The van der Waals surface area contributed by atoms with Crippen LogP contribution < -0.4 is 10.2 Å². The SMILES string of the molecule is CC(=O)N(c1ccc(F)c(Cl)c1)c1ncnc2ccc(COC(=O)CCCCC(=O)N[C@@H]3O[C@@H]4O[C@@]5(C)CC[C@H]6[C@H](C)CC[C@@H]([C@H]3C)[C@@]46OO5)cc12. The van der Waals surface area contributed by atoms with E-state index in [-0.39, 0.29) is 59.9 Å². The van der Waals surface area contributed by atoms with Crippen molar-refractivity contribution in [3.05, 3.63) is 59.1 Å². The quantitative estimate of drug-likeness (QED) is 0.131. The first-order valence-electron chi connectivity index (χ1n) is 18.0. The number of esters is 1. The highest BCUT2D eigenvalue weighted by Gasteiger charge is 2.69. The number of ether oxygens (including phenoxy) is 3. The van der Waals surface area contributed by atoms with Gasteiger partial charge in [-0.1, -0.05) is 31.5 Å². The Kier molecular flexibility index (Phi) is 10.3. The van der Waals surface area contributed by atoms with Gasteiger partial charge < -0.3 is 19.5 Å². The first-order valence-corrected chi connectivity index (χ1v) is 18.4. The molecule has 4 saturated heterocycles. The fourth-order valence-electron chi connectivity index (χ4n) is 8.53. The van der Waals surface area contributed by atoms with E-state index in [1.165, 1.54) is 36.4 Å². The molecule has 52 heavy (non-hydrogen) atoms. The molecule has 5 aliphatic rings. The number of hydrogen-bond acceptors (Lipinski definition) is 10. The minimum Gasteiger partial charge on any atom is -0.461 e. The van der Waals surface area contributed by atoms with Crippen molar-refractivity contribution < 1.29 is 42.8 Å². The second-order valence-electron chi connectivity index (χ2n) is 14.8. The summed E-state index contributed by atoms with van der Waals surface area (Å²) < 4.78 is 32.2. The number of carbonyl (C=O) groups excluding carboxylic acids is 3. The molecule has 0 unspecified atom stereocenters. The van der Waals surface area contributed by atoms with Crippen molar-refractivity contribution in [3.63, 3.8) is 0 Å². The van der Waals surface area contributed by atoms with E-state index in [2.05, 4.69) is 29.1 Å². The molecule has 0 radical (unpaired) electrons. The van der Waals surface area contributed by atoms with E-state index in [1.807, 2.05) is 6.92 Å². The van der Waals surface area contributed by atoms with Gasteiger partial charge in [-0.05, 0) is 86.8 Å². The summed E-state index contributed by atoms with van der Waals surface area (Å²) >= 11 is 6.00. The van der Waals surface area contributed by atoms with Crippen LogP contribution in [0.4, 0.5) is 15.9 Å². The fraction of sp³-hybridized carbons (Fsp3) is 0.553. The van der Waals surface area contributed by atoms with Gasteiger partial charge in [0.2, 0.25) is 17.6 Å². The Morgan fingerprint density at radius 1 is 1.04 bits per heavy atom. The van der Waals surface area contributed by atoms with Gasteiger partial charge in [0, 0.05) is 43.4 Å². The lowest BCUT2D eigenvalue weighted by molar-refractivity contribution is -0.571. The molecule has 14 heteroatoms. The number of halogens is 2. The third kappa shape index (κ3) is 6.89. The summed E-state index contributed by atoms with van der Waals surface area (Å²) in [6, 6.07) is 9.25. The Hall–Kier alpha value is -3.75. The molecule has 2 amide bonds. The van der Waals surface area contributed by atoms with Gasteiger partial charge in [0.05, 0.1) is 16.2 Å². The highest BCUT2D eigenvalue weighted by molar-refractivity contribution is 6.31. The van der Waals surface area contributed by atoms with Gasteiger partial charge in [0.1, 0.15) is 25.0 Å². The highest BCUT2D eigenvalue weighted by Crippen LogP contribution is 2.60. The van der Waals surface area contributed by atoms with E-state index in [0.29, 0.717) is 40.9 Å². The van der Waals surface area contributed by atoms with E-state index in [0.717, 1.165) is 25.7 Å². The van der Waals surface area contributed by atoms with Gasteiger partial charge in [0.15, 0.2) is 17.7 Å². The minimum atomic E-state index is -0.885. The normalized spacial score (nSPS) is 30.7. The average molecular weight is 739 g/mol. The Balaban J connectivity index is 0.912. The summed E-state index contributed by atoms with van der Waals surface area (Å²) in [6.45, 7) is 7.59. The molecular weight excluding hydrogens is 695 g/mol. The Labute approximate surface area is 306 Å². The Morgan fingerprint density at radius 3 is 2.63 bits per heavy atom. The fourth-order valence-corrected chi connectivity index (χ4v) is 8.70. The largest absolute Gasteiger partial charge is 0.461 e. The van der Waals surface area contributed by atoms with E-state index in [1.54, 1.807) is 18.2 Å². The zero-order valence-electron chi connectivity index (χ0n) is 29.7. The summed E-state index contributed by atoms with van der Waals surface area (Å²) in [6.07, 6.45) is 5.19. The molecule has 1 aliphatic carbocycles. The summed E-state index contributed by atoms with van der Waals surface area (Å²) in [5, 5.41) is 3.49. The van der Waals surface area contributed by atoms with Crippen LogP contribution in [0.3, 0.4) is 0 Å². The number of rotatable bonds is 10. The number of amides is 2.